The first-order valence-corrected chi connectivity index (χ1v) is 11.5. The van der Waals surface area contributed by atoms with E-state index < -0.39 is 6.04 Å². The van der Waals surface area contributed by atoms with Crippen LogP contribution in [0.15, 0.2) is 23.2 Å². The summed E-state index contributed by atoms with van der Waals surface area (Å²) in [6.07, 6.45) is 15.3. The number of ether oxygens (including phenoxy) is 2. The maximum atomic E-state index is 11.8. The number of carbonyl (C=O) groups is 1. The fourth-order valence-electron chi connectivity index (χ4n) is 3.95. The Hall–Kier alpha value is -1.84. The van der Waals surface area contributed by atoms with E-state index in [4.69, 9.17) is 9.47 Å². The molecule has 1 aromatic carbocycles. The van der Waals surface area contributed by atoms with Crippen molar-refractivity contribution in [2.75, 3.05) is 13.7 Å². The molecule has 0 bridgehead atoms. The SMILES string of the molecule is CCCCCCCCCCCCCOc1ccc2c(c1)C(C)=N[C@H](C(=O)OC)C2. The van der Waals surface area contributed by atoms with Crippen molar-refractivity contribution >= 4 is 11.7 Å². The third-order valence-electron chi connectivity index (χ3n) is 5.72. The lowest BCUT2D eigenvalue weighted by Gasteiger charge is -2.21. The third-order valence-corrected chi connectivity index (χ3v) is 5.72. The zero-order chi connectivity index (χ0) is 20.9. The minimum atomic E-state index is -0.421. The third kappa shape index (κ3) is 8.20. The van der Waals surface area contributed by atoms with Crippen molar-refractivity contribution in [1.29, 1.82) is 0 Å². The van der Waals surface area contributed by atoms with Gasteiger partial charge in [-0.15, -0.1) is 0 Å². The highest BCUT2D eigenvalue weighted by Crippen LogP contribution is 2.25. The Labute approximate surface area is 177 Å². The maximum Gasteiger partial charge on any atom is 0.330 e. The molecule has 162 valence electrons. The van der Waals surface area contributed by atoms with Crippen LogP contribution in [0.3, 0.4) is 0 Å². The Bertz CT molecular complexity index is 653. The second kappa shape index (κ2) is 13.4. The number of hydrogen-bond acceptors (Lipinski definition) is 4. The number of nitrogens with zero attached hydrogens (tertiary/aromatic N) is 1. The molecule has 1 aliphatic heterocycles. The summed E-state index contributed by atoms with van der Waals surface area (Å²) in [6, 6.07) is 5.69. The highest BCUT2D eigenvalue weighted by atomic mass is 16.5. The van der Waals surface area contributed by atoms with E-state index in [0.29, 0.717) is 6.42 Å². The van der Waals surface area contributed by atoms with Crippen molar-refractivity contribution in [2.45, 2.75) is 96.9 Å². The van der Waals surface area contributed by atoms with Gasteiger partial charge in [0.05, 0.1) is 13.7 Å². The first kappa shape index (κ1) is 23.4. The fraction of sp³-hybridized carbons (Fsp3) is 0.680. The molecule has 0 spiro atoms. The first-order valence-electron chi connectivity index (χ1n) is 11.5. The smallest absolute Gasteiger partial charge is 0.330 e. The molecule has 0 radical (unpaired) electrons. The molecule has 0 N–H and O–H groups in total. The van der Waals surface area contributed by atoms with Crippen LogP contribution in [-0.4, -0.2) is 31.4 Å². The summed E-state index contributed by atoms with van der Waals surface area (Å²) in [7, 11) is 1.41. The first-order chi connectivity index (χ1) is 14.2. The van der Waals surface area contributed by atoms with Crippen molar-refractivity contribution in [3.8, 4) is 5.75 Å². The van der Waals surface area contributed by atoms with E-state index in [0.717, 1.165) is 35.6 Å². The highest BCUT2D eigenvalue weighted by molar-refractivity contribution is 6.03. The molecule has 0 aromatic heterocycles. The van der Waals surface area contributed by atoms with Crippen LogP contribution in [0, 0.1) is 0 Å². The van der Waals surface area contributed by atoms with Gasteiger partial charge in [-0.25, -0.2) is 4.79 Å². The van der Waals surface area contributed by atoms with E-state index in [9.17, 15) is 4.79 Å². The lowest BCUT2D eigenvalue weighted by molar-refractivity contribution is -0.142. The predicted molar refractivity (Wildman–Crippen MR) is 120 cm³/mol. The van der Waals surface area contributed by atoms with Crippen molar-refractivity contribution in [3.05, 3.63) is 29.3 Å². The van der Waals surface area contributed by atoms with Gasteiger partial charge in [-0.3, -0.25) is 4.99 Å². The van der Waals surface area contributed by atoms with Crippen LogP contribution >= 0.6 is 0 Å². The van der Waals surface area contributed by atoms with Crippen LogP contribution in [0.1, 0.15) is 95.6 Å². The van der Waals surface area contributed by atoms with Crippen molar-refractivity contribution < 1.29 is 14.3 Å². The van der Waals surface area contributed by atoms with E-state index in [1.165, 1.54) is 71.3 Å². The van der Waals surface area contributed by atoms with Crippen LogP contribution in [0.4, 0.5) is 0 Å². The van der Waals surface area contributed by atoms with E-state index in [-0.39, 0.29) is 5.97 Å². The van der Waals surface area contributed by atoms with Gasteiger partial charge in [0.2, 0.25) is 0 Å². The summed E-state index contributed by atoms with van der Waals surface area (Å²) in [5.41, 5.74) is 3.10. The number of hydrogen-bond donors (Lipinski definition) is 0. The topological polar surface area (TPSA) is 47.9 Å². The second-order valence-electron chi connectivity index (χ2n) is 8.16. The summed E-state index contributed by atoms with van der Waals surface area (Å²) >= 11 is 0. The summed E-state index contributed by atoms with van der Waals surface area (Å²) in [6.45, 7) is 4.98. The van der Waals surface area contributed by atoms with Crippen molar-refractivity contribution in [3.63, 3.8) is 0 Å². The summed E-state index contributed by atoms with van der Waals surface area (Å²) in [4.78, 5) is 16.3. The van der Waals surface area contributed by atoms with Gasteiger partial charge in [0.25, 0.3) is 0 Å². The Morgan fingerprint density at radius 2 is 1.62 bits per heavy atom. The lowest BCUT2D eigenvalue weighted by atomic mass is 9.94. The Morgan fingerprint density at radius 3 is 2.24 bits per heavy atom. The molecular weight excluding hydrogens is 362 g/mol. The van der Waals surface area contributed by atoms with Crippen LogP contribution in [0.25, 0.3) is 0 Å². The van der Waals surface area contributed by atoms with Gasteiger partial charge in [-0.05, 0) is 31.0 Å². The van der Waals surface area contributed by atoms with E-state index in [1.54, 1.807) is 0 Å². The number of esters is 1. The molecule has 0 fully saturated rings. The molecule has 0 saturated heterocycles. The van der Waals surface area contributed by atoms with Crippen LogP contribution in [0.5, 0.6) is 5.75 Å². The molecule has 0 amide bonds. The van der Waals surface area contributed by atoms with Gasteiger partial charge in [0, 0.05) is 17.7 Å². The van der Waals surface area contributed by atoms with E-state index in [2.05, 4.69) is 24.0 Å². The molecule has 1 aliphatic rings. The molecule has 4 heteroatoms. The largest absolute Gasteiger partial charge is 0.494 e. The molecule has 0 saturated carbocycles. The van der Waals surface area contributed by atoms with Crippen molar-refractivity contribution in [1.82, 2.24) is 0 Å². The average Bonchev–Trinajstić information content (AvgIpc) is 2.74. The quantitative estimate of drug-likeness (QED) is 0.272. The molecule has 2 rings (SSSR count). The molecule has 0 aliphatic carbocycles. The van der Waals surface area contributed by atoms with Crippen LogP contribution in [0.2, 0.25) is 0 Å². The van der Waals surface area contributed by atoms with Crippen LogP contribution in [-0.2, 0) is 16.0 Å². The fourth-order valence-corrected chi connectivity index (χ4v) is 3.95. The number of benzene rings is 1. The zero-order valence-corrected chi connectivity index (χ0v) is 18.7. The maximum absolute atomic E-state index is 11.8. The number of fused-ring (bicyclic) bond motifs is 1. The summed E-state index contributed by atoms with van der Waals surface area (Å²) in [5.74, 6) is 0.619. The monoisotopic (exact) mass is 401 g/mol. The predicted octanol–water partition coefficient (Wildman–Crippen LogP) is 6.28. The van der Waals surface area contributed by atoms with Crippen molar-refractivity contribution in [2.24, 2.45) is 4.99 Å². The van der Waals surface area contributed by atoms with Gasteiger partial charge in [-0.2, -0.15) is 0 Å². The molecular formula is C25H39NO3. The molecule has 0 unspecified atom stereocenters. The van der Waals surface area contributed by atoms with E-state index >= 15 is 0 Å². The Morgan fingerprint density at radius 1 is 1.00 bits per heavy atom. The second-order valence-corrected chi connectivity index (χ2v) is 8.16. The van der Waals surface area contributed by atoms with E-state index in [1.807, 2.05) is 13.0 Å². The molecule has 1 atom stereocenters. The number of rotatable bonds is 14. The van der Waals surface area contributed by atoms with Gasteiger partial charge >= 0.3 is 5.97 Å². The molecule has 29 heavy (non-hydrogen) atoms. The van der Waals surface area contributed by atoms with Gasteiger partial charge in [0.15, 0.2) is 6.04 Å². The number of aliphatic imine (C=N–C) groups is 1. The number of unbranched alkanes of at least 4 members (excludes halogenated alkanes) is 10. The molecule has 1 aromatic rings. The van der Waals surface area contributed by atoms with Gasteiger partial charge in [0.1, 0.15) is 5.75 Å². The minimum Gasteiger partial charge on any atom is -0.494 e. The summed E-state index contributed by atoms with van der Waals surface area (Å²) < 4.78 is 10.8. The number of methoxy groups -OCH3 is 1. The van der Waals surface area contributed by atoms with Gasteiger partial charge in [-0.1, -0.05) is 77.2 Å². The lowest BCUT2D eigenvalue weighted by Crippen LogP contribution is -2.28. The standard InChI is InChI=1S/C25H39NO3/c1-4-5-6-7-8-9-10-11-12-13-14-17-29-22-16-15-21-18-24(25(27)28-3)26-20(2)23(21)19-22/h15-16,19,24H,4-14,17-18H2,1-3H3/t24-/m0/s1. The number of carbonyl (C=O) groups excluding carboxylic acids is 1. The Kier molecular flexibility index (Phi) is 10.8. The summed E-state index contributed by atoms with van der Waals surface area (Å²) in [5, 5.41) is 0. The van der Waals surface area contributed by atoms with Crippen LogP contribution < -0.4 is 4.74 Å². The highest BCUT2D eigenvalue weighted by Gasteiger charge is 2.25. The normalized spacial score (nSPS) is 15.6. The molecule has 4 nitrogen and oxygen atoms in total. The minimum absolute atomic E-state index is 0.271. The average molecular weight is 402 g/mol. The Balaban J connectivity index is 1.60. The zero-order valence-electron chi connectivity index (χ0n) is 18.7. The van der Waals surface area contributed by atoms with Gasteiger partial charge < -0.3 is 9.47 Å². The molecule has 1 heterocycles.